The molecular formula is C30H33FN6O2Si. The molecule has 8 nitrogen and oxygen atoms in total. The van der Waals surface area contributed by atoms with Gasteiger partial charge in [-0.25, -0.2) is 19.3 Å². The van der Waals surface area contributed by atoms with E-state index >= 15 is 0 Å². The molecule has 0 spiro atoms. The number of halogens is 1. The first kappa shape index (κ1) is 27.4. The van der Waals surface area contributed by atoms with Gasteiger partial charge in [-0.2, -0.15) is 0 Å². The van der Waals surface area contributed by atoms with Crippen molar-refractivity contribution < 1.29 is 13.6 Å². The van der Waals surface area contributed by atoms with Crippen molar-refractivity contribution in [3.8, 4) is 34.2 Å². The van der Waals surface area contributed by atoms with Crippen LogP contribution in [0.5, 0.6) is 5.75 Å². The maximum atomic E-state index is 12.5. The monoisotopic (exact) mass is 556 g/mol. The zero-order valence-electron chi connectivity index (χ0n) is 23.4. The van der Waals surface area contributed by atoms with Gasteiger partial charge in [-0.15, -0.1) is 0 Å². The van der Waals surface area contributed by atoms with E-state index in [0.717, 1.165) is 11.3 Å². The van der Waals surface area contributed by atoms with Crippen molar-refractivity contribution in [1.29, 1.82) is 0 Å². The quantitative estimate of drug-likeness (QED) is 0.206. The van der Waals surface area contributed by atoms with Gasteiger partial charge < -0.3 is 14.9 Å². The fourth-order valence-corrected chi connectivity index (χ4v) is 4.99. The molecule has 0 unspecified atom stereocenters. The van der Waals surface area contributed by atoms with Crippen molar-refractivity contribution in [3.63, 3.8) is 0 Å². The Morgan fingerprint density at radius 1 is 0.925 bits per heavy atom. The molecule has 5 rings (SSSR count). The summed E-state index contributed by atoms with van der Waals surface area (Å²) in [6.07, 6.45) is 3.13. The fraction of sp³-hybridized carbons (Fsp3) is 0.267. The second kappa shape index (κ2) is 10.8. The molecule has 0 amide bonds. The summed E-state index contributed by atoms with van der Waals surface area (Å²) in [6, 6.07) is 19.1. The number of imidazole rings is 1. The highest BCUT2D eigenvalue weighted by atomic mass is 28.4. The molecule has 4 aromatic heterocycles. The molecule has 1 aromatic carbocycles. The van der Waals surface area contributed by atoms with Gasteiger partial charge in [0.2, 0.25) is 6.86 Å². The predicted molar refractivity (Wildman–Crippen MR) is 158 cm³/mol. The van der Waals surface area contributed by atoms with Crippen LogP contribution in [-0.4, -0.2) is 39.7 Å². The van der Waals surface area contributed by atoms with Crippen molar-refractivity contribution in [3.05, 3.63) is 78.6 Å². The van der Waals surface area contributed by atoms with Gasteiger partial charge in [-0.1, -0.05) is 32.9 Å². The van der Waals surface area contributed by atoms with Crippen LogP contribution >= 0.6 is 0 Å². The summed E-state index contributed by atoms with van der Waals surface area (Å²) in [7, 11) is -1.88. The average Bonchev–Trinajstić information content (AvgIpc) is 3.31. The van der Waals surface area contributed by atoms with Crippen molar-refractivity contribution in [2.45, 2.75) is 45.5 Å². The molecule has 0 saturated carbocycles. The molecule has 5 aromatic rings. The molecule has 0 atom stereocenters. The number of nitrogens with zero attached hydrogens (tertiary/aromatic N) is 5. The summed E-state index contributed by atoms with van der Waals surface area (Å²) in [4.78, 5) is 18.5. The first-order valence-corrected chi connectivity index (χ1v) is 16.0. The van der Waals surface area contributed by atoms with E-state index in [0.29, 0.717) is 52.1 Å². The van der Waals surface area contributed by atoms with Gasteiger partial charge in [0.05, 0.1) is 29.8 Å². The molecule has 0 aliphatic carbocycles. The number of hydrogen-bond donors (Lipinski definition) is 1. The number of nitrogens with two attached hydrogens (primary N) is 1. The van der Waals surface area contributed by atoms with E-state index in [2.05, 4.69) is 56.0 Å². The Morgan fingerprint density at radius 2 is 1.68 bits per heavy atom. The number of hydrogen-bond acceptors (Lipinski definition) is 7. The number of rotatable bonds is 8. The van der Waals surface area contributed by atoms with Crippen LogP contribution in [0, 0.1) is 0 Å². The summed E-state index contributed by atoms with van der Waals surface area (Å²) in [5.74, 6) is 1.36. The minimum Gasteiger partial charge on any atom is -0.461 e. The molecule has 0 radical (unpaired) electrons. The molecule has 0 bridgehead atoms. The summed E-state index contributed by atoms with van der Waals surface area (Å²) in [5, 5.41) is 0.139. The summed E-state index contributed by atoms with van der Waals surface area (Å²) < 4.78 is 25.8. The molecule has 0 aliphatic heterocycles. The van der Waals surface area contributed by atoms with E-state index in [1.807, 2.05) is 41.0 Å². The Hall–Kier alpha value is -4.15. The van der Waals surface area contributed by atoms with Crippen LogP contribution < -0.4 is 10.5 Å². The van der Waals surface area contributed by atoms with Crippen LogP contribution in [0.1, 0.15) is 26.3 Å². The van der Waals surface area contributed by atoms with E-state index in [9.17, 15) is 4.39 Å². The van der Waals surface area contributed by atoms with Gasteiger partial charge >= 0.3 is 0 Å². The van der Waals surface area contributed by atoms with E-state index in [1.54, 1.807) is 18.3 Å². The SMILES string of the molecule is CC(C)(C)[Si](C)(C)OCc1ccc(-n2c(-c3cccnc3N)nc3ccc(-c4ccc(OCF)cn4)nc32)cc1. The summed E-state index contributed by atoms with van der Waals surface area (Å²) in [5.41, 5.74) is 11.6. The molecule has 206 valence electrons. The Bertz CT molecular complexity index is 1630. The topological polar surface area (TPSA) is 101 Å². The number of fused-ring (bicyclic) bond motifs is 1. The zero-order valence-corrected chi connectivity index (χ0v) is 24.4. The maximum absolute atomic E-state index is 12.5. The number of benzene rings is 1. The van der Waals surface area contributed by atoms with Gasteiger partial charge in [0, 0.05) is 11.9 Å². The van der Waals surface area contributed by atoms with E-state index in [4.69, 9.17) is 24.9 Å². The predicted octanol–water partition coefficient (Wildman–Crippen LogP) is 6.95. The highest BCUT2D eigenvalue weighted by Crippen LogP contribution is 2.37. The number of ether oxygens (including phenoxy) is 1. The highest BCUT2D eigenvalue weighted by Gasteiger charge is 2.37. The number of aromatic nitrogens is 5. The third-order valence-electron chi connectivity index (χ3n) is 7.40. The van der Waals surface area contributed by atoms with E-state index in [1.165, 1.54) is 6.20 Å². The molecule has 4 heterocycles. The largest absolute Gasteiger partial charge is 0.461 e. The lowest BCUT2D eigenvalue weighted by Gasteiger charge is -2.36. The van der Waals surface area contributed by atoms with Crippen LogP contribution in [0.2, 0.25) is 18.1 Å². The molecule has 2 N–H and O–H groups in total. The minimum absolute atomic E-state index is 0.139. The molecule has 10 heteroatoms. The first-order valence-electron chi connectivity index (χ1n) is 13.1. The van der Waals surface area contributed by atoms with Crippen molar-refractivity contribution in [2.75, 3.05) is 12.6 Å². The number of nitrogen functional groups attached to an aromatic ring is 1. The summed E-state index contributed by atoms with van der Waals surface area (Å²) in [6.45, 7) is 10.9. The molecule has 0 aliphatic rings. The fourth-order valence-electron chi connectivity index (χ4n) is 4.03. The standard InChI is InChI=1S/C30H33FN6O2Si/c1-30(2,3)40(4,5)39-18-20-8-10-21(11-9-20)37-28(23-7-6-16-33-27(23)32)36-26-15-14-25(35-29(26)37)24-13-12-22(17-34-24)38-19-31/h6-17H,18-19H2,1-5H3,(H2,32,33). The van der Waals surface area contributed by atoms with Crippen LogP contribution in [0.25, 0.3) is 39.6 Å². The van der Waals surface area contributed by atoms with Gasteiger partial charge in [-0.3, -0.25) is 9.55 Å². The second-order valence-corrected chi connectivity index (χ2v) is 15.9. The smallest absolute Gasteiger partial charge is 0.228 e. The van der Waals surface area contributed by atoms with Crippen molar-refractivity contribution >= 4 is 25.3 Å². The van der Waals surface area contributed by atoms with Crippen LogP contribution in [0.15, 0.2) is 73.1 Å². The Balaban J connectivity index is 1.57. The normalized spacial score (nSPS) is 12.2. The molecule has 40 heavy (non-hydrogen) atoms. The summed E-state index contributed by atoms with van der Waals surface area (Å²) >= 11 is 0. The third kappa shape index (κ3) is 5.45. The maximum Gasteiger partial charge on any atom is 0.228 e. The Morgan fingerprint density at radius 3 is 2.33 bits per heavy atom. The van der Waals surface area contributed by atoms with Gasteiger partial charge in [-0.05, 0) is 72.2 Å². The van der Waals surface area contributed by atoms with Gasteiger partial charge in [0.15, 0.2) is 19.8 Å². The molecule has 0 saturated heterocycles. The Kier molecular flexibility index (Phi) is 7.39. The average molecular weight is 557 g/mol. The number of pyridine rings is 3. The van der Waals surface area contributed by atoms with E-state index in [-0.39, 0.29) is 5.04 Å². The number of anilines is 1. The van der Waals surface area contributed by atoms with Crippen molar-refractivity contribution in [1.82, 2.24) is 24.5 Å². The third-order valence-corrected chi connectivity index (χ3v) is 11.9. The van der Waals surface area contributed by atoms with E-state index < -0.39 is 15.2 Å². The lowest BCUT2D eigenvalue weighted by Crippen LogP contribution is -2.40. The first-order chi connectivity index (χ1) is 19.1. The second-order valence-electron chi connectivity index (χ2n) is 11.1. The van der Waals surface area contributed by atoms with Gasteiger partial charge in [0.25, 0.3) is 0 Å². The van der Waals surface area contributed by atoms with Gasteiger partial charge in [0.1, 0.15) is 17.1 Å². The van der Waals surface area contributed by atoms with Crippen molar-refractivity contribution in [2.24, 2.45) is 0 Å². The zero-order chi connectivity index (χ0) is 28.5. The molecule has 0 fully saturated rings. The Labute approximate surface area is 234 Å². The van der Waals surface area contributed by atoms with Crippen LogP contribution in [0.4, 0.5) is 10.2 Å². The molecular weight excluding hydrogens is 523 g/mol. The number of alkyl halides is 1. The lowest BCUT2D eigenvalue weighted by atomic mass is 10.2. The minimum atomic E-state index is -1.88. The van der Waals surface area contributed by atoms with Crippen LogP contribution in [0.3, 0.4) is 0 Å². The van der Waals surface area contributed by atoms with Crippen LogP contribution in [-0.2, 0) is 11.0 Å². The highest BCUT2D eigenvalue weighted by molar-refractivity contribution is 6.74. The lowest BCUT2D eigenvalue weighted by molar-refractivity contribution is 0.191.